The number of nitrogens with one attached hydrogen (secondary N) is 1. The van der Waals surface area contributed by atoms with E-state index in [1.54, 1.807) is 30.3 Å². The summed E-state index contributed by atoms with van der Waals surface area (Å²) in [6.45, 7) is 0. The van der Waals surface area contributed by atoms with Gasteiger partial charge >= 0.3 is 12.4 Å². The molecule has 1 N–H and O–H groups in total. The topological polar surface area (TPSA) is 38.3 Å². The van der Waals surface area contributed by atoms with Gasteiger partial charge in [0.2, 0.25) is 5.78 Å². The lowest BCUT2D eigenvalue weighted by atomic mass is 9.94. The molecule has 2 aromatic rings. The molecule has 30 heavy (non-hydrogen) atoms. The van der Waals surface area contributed by atoms with Crippen molar-refractivity contribution >= 4 is 11.4 Å². The molecule has 1 saturated carbocycles. The first-order valence-electron chi connectivity index (χ1n) is 9.10. The third-order valence-corrected chi connectivity index (χ3v) is 4.84. The van der Waals surface area contributed by atoms with Crippen LogP contribution in [0.5, 0.6) is 0 Å². The minimum Gasteiger partial charge on any atom is -0.462 e. The fourth-order valence-electron chi connectivity index (χ4n) is 3.21. The van der Waals surface area contributed by atoms with E-state index in [1.807, 2.05) is 0 Å². The Morgan fingerprint density at radius 3 is 1.93 bits per heavy atom. The number of ketones is 1. The zero-order chi connectivity index (χ0) is 21.7. The van der Waals surface area contributed by atoms with Gasteiger partial charge in [-0.25, -0.2) is 0 Å². The molecule has 4 rings (SSSR count). The predicted octanol–water partition coefficient (Wildman–Crippen LogP) is 5.49. The van der Waals surface area contributed by atoms with E-state index in [1.165, 1.54) is 0 Å². The molecule has 1 fully saturated rings. The number of carbonyl (C=O) groups is 1. The standard InChI is InChI=1S/C21H15F6NO2/c22-20(23,24)13-8-12(9-14(10-13)21(25,26)27)16-17(29)18(11-4-2-1-3-5-11)30-19(16)28-15-6-7-15/h1-5,8-10,15,18,28H,6-7H2. The fourth-order valence-corrected chi connectivity index (χ4v) is 3.21. The van der Waals surface area contributed by atoms with E-state index < -0.39 is 40.9 Å². The molecule has 0 aromatic heterocycles. The molecule has 1 unspecified atom stereocenters. The van der Waals surface area contributed by atoms with Crippen molar-refractivity contribution in [3.8, 4) is 0 Å². The average molecular weight is 427 g/mol. The molecule has 2 aliphatic rings. The Bertz CT molecular complexity index is 974. The summed E-state index contributed by atoms with van der Waals surface area (Å²) < 4.78 is 85.3. The number of alkyl halides is 6. The minimum absolute atomic E-state index is 0.0347. The Hall–Kier alpha value is -2.97. The first-order chi connectivity index (χ1) is 14.0. The van der Waals surface area contributed by atoms with Crippen molar-refractivity contribution in [2.45, 2.75) is 37.3 Å². The molecule has 3 nitrogen and oxygen atoms in total. The molecule has 0 radical (unpaired) electrons. The van der Waals surface area contributed by atoms with Gasteiger partial charge in [-0.15, -0.1) is 0 Å². The number of Topliss-reactive ketones (excluding diaryl/α,β-unsaturated/α-hetero) is 1. The van der Waals surface area contributed by atoms with Gasteiger partial charge in [-0.3, -0.25) is 4.79 Å². The van der Waals surface area contributed by atoms with Crippen molar-refractivity contribution in [1.82, 2.24) is 5.32 Å². The number of benzene rings is 2. The SMILES string of the molecule is O=C1C(c2cc(C(F)(F)F)cc(C(F)(F)F)c2)=C(NC2CC2)OC1c1ccccc1. The molecule has 1 heterocycles. The quantitative estimate of drug-likeness (QED) is 0.657. The number of hydrogen-bond acceptors (Lipinski definition) is 3. The molecule has 1 aliphatic heterocycles. The Labute approximate surface area is 167 Å². The number of hydrogen-bond donors (Lipinski definition) is 1. The number of ether oxygens (including phenoxy) is 1. The van der Waals surface area contributed by atoms with E-state index in [-0.39, 0.29) is 23.6 Å². The van der Waals surface area contributed by atoms with E-state index in [0.717, 1.165) is 12.8 Å². The van der Waals surface area contributed by atoms with Crippen LogP contribution < -0.4 is 5.32 Å². The minimum atomic E-state index is -5.01. The summed E-state index contributed by atoms with van der Waals surface area (Å²) in [5.41, 5.74) is -3.31. The number of carbonyl (C=O) groups excluding carboxylic acids is 1. The highest BCUT2D eigenvalue weighted by Gasteiger charge is 2.42. The molecule has 0 saturated heterocycles. The van der Waals surface area contributed by atoms with Crippen LogP contribution in [0.3, 0.4) is 0 Å². The van der Waals surface area contributed by atoms with Crippen molar-refractivity contribution in [3.63, 3.8) is 0 Å². The first kappa shape index (κ1) is 20.3. The van der Waals surface area contributed by atoms with Crippen molar-refractivity contribution in [1.29, 1.82) is 0 Å². The largest absolute Gasteiger partial charge is 0.462 e. The molecule has 1 aliphatic carbocycles. The highest BCUT2D eigenvalue weighted by molar-refractivity contribution is 6.25. The average Bonchev–Trinajstić information content (AvgIpc) is 3.43. The maximum absolute atomic E-state index is 13.3. The van der Waals surface area contributed by atoms with E-state index in [4.69, 9.17) is 4.74 Å². The first-order valence-corrected chi connectivity index (χ1v) is 9.10. The van der Waals surface area contributed by atoms with Gasteiger partial charge in [-0.05, 0) is 36.6 Å². The van der Waals surface area contributed by atoms with Crippen LogP contribution in [0.25, 0.3) is 5.57 Å². The van der Waals surface area contributed by atoms with Crippen LogP contribution in [0.4, 0.5) is 26.3 Å². The van der Waals surface area contributed by atoms with Crippen molar-refractivity contribution < 1.29 is 35.9 Å². The third-order valence-electron chi connectivity index (χ3n) is 4.84. The van der Waals surface area contributed by atoms with E-state index >= 15 is 0 Å². The second-order valence-corrected chi connectivity index (χ2v) is 7.19. The van der Waals surface area contributed by atoms with Crippen LogP contribution in [-0.4, -0.2) is 11.8 Å². The number of rotatable bonds is 4. The molecule has 0 amide bonds. The molecule has 9 heteroatoms. The smallest absolute Gasteiger partial charge is 0.416 e. The molecular weight excluding hydrogens is 412 g/mol. The zero-order valence-corrected chi connectivity index (χ0v) is 15.3. The summed E-state index contributed by atoms with van der Waals surface area (Å²) >= 11 is 0. The van der Waals surface area contributed by atoms with E-state index in [9.17, 15) is 31.1 Å². The van der Waals surface area contributed by atoms with Gasteiger partial charge in [0.15, 0.2) is 12.0 Å². The van der Waals surface area contributed by atoms with Crippen LogP contribution in [0, 0.1) is 0 Å². The fraction of sp³-hybridized carbons (Fsp3) is 0.286. The Balaban J connectivity index is 1.83. The summed E-state index contributed by atoms with van der Waals surface area (Å²) in [5, 5.41) is 2.92. The summed E-state index contributed by atoms with van der Waals surface area (Å²) in [5.74, 6) is -0.791. The van der Waals surface area contributed by atoms with E-state index in [0.29, 0.717) is 17.7 Å². The normalized spacial score (nSPS) is 19.8. The van der Waals surface area contributed by atoms with Gasteiger partial charge in [0.1, 0.15) is 0 Å². The monoisotopic (exact) mass is 427 g/mol. The predicted molar refractivity (Wildman–Crippen MR) is 94.8 cm³/mol. The number of halogens is 6. The highest BCUT2D eigenvalue weighted by Crippen LogP contribution is 2.42. The van der Waals surface area contributed by atoms with Gasteiger partial charge in [0, 0.05) is 11.6 Å². The molecule has 1 atom stereocenters. The van der Waals surface area contributed by atoms with Crippen molar-refractivity contribution in [2.24, 2.45) is 0 Å². The van der Waals surface area contributed by atoms with Gasteiger partial charge in [0.05, 0.1) is 16.7 Å². The molecule has 2 aromatic carbocycles. The van der Waals surface area contributed by atoms with Crippen LogP contribution >= 0.6 is 0 Å². The lowest BCUT2D eigenvalue weighted by molar-refractivity contribution is -0.143. The molecule has 0 spiro atoms. The Morgan fingerprint density at radius 1 is 0.867 bits per heavy atom. The zero-order valence-electron chi connectivity index (χ0n) is 15.3. The van der Waals surface area contributed by atoms with Gasteiger partial charge in [-0.1, -0.05) is 30.3 Å². The Kier molecular flexibility index (Phi) is 4.79. The maximum atomic E-state index is 13.3. The van der Waals surface area contributed by atoms with Crippen LogP contribution in [0.2, 0.25) is 0 Å². The van der Waals surface area contributed by atoms with Crippen molar-refractivity contribution in [2.75, 3.05) is 0 Å². The highest BCUT2D eigenvalue weighted by atomic mass is 19.4. The third kappa shape index (κ3) is 4.01. The van der Waals surface area contributed by atoms with Crippen LogP contribution in [0.15, 0.2) is 54.4 Å². The lowest BCUT2D eigenvalue weighted by Gasteiger charge is -2.15. The summed E-state index contributed by atoms with van der Waals surface area (Å²) in [7, 11) is 0. The van der Waals surface area contributed by atoms with Crippen LogP contribution in [0.1, 0.15) is 41.2 Å². The Morgan fingerprint density at radius 2 is 1.43 bits per heavy atom. The van der Waals surface area contributed by atoms with E-state index in [2.05, 4.69) is 5.32 Å². The van der Waals surface area contributed by atoms with Crippen molar-refractivity contribution in [3.05, 3.63) is 76.7 Å². The second kappa shape index (κ2) is 7.07. The van der Waals surface area contributed by atoms with Gasteiger partial charge in [0.25, 0.3) is 0 Å². The molecule has 0 bridgehead atoms. The van der Waals surface area contributed by atoms with Gasteiger partial charge < -0.3 is 10.1 Å². The summed E-state index contributed by atoms with van der Waals surface area (Å²) in [6, 6.07) is 9.33. The second-order valence-electron chi connectivity index (χ2n) is 7.19. The maximum Gasteiger partial charge on any atom is 0.416 e. The summed E-state index contributed by atoms with van der Waals surface area (Å²) in [6.07, 6.45) is -9.64. The summed E-state index contributed by atoms with van der Waals surface area (Å²) in [4.78, 5) is 13.1. The lowest BCUT2D eigenvalue weighted by Crippen LogP contribution is -2.17. The van der Waals surface area contributed by atoms with Crippen LogP contribution in [-0.2, 0) is 21.9 Å². The molecule has 158 valence electrons. The molecular formula is C21H15F6NO2. The van der Waals surface area contributed by atoms with Gasteiger partial charge in [-0.2, -0.15) is 26.3 Å².